The van der Waals surface area contributed by atoms with E-state index in [-0.39, 0.29) is 5.54 Å². The molecule has 0 aliphatic carbocycles. The Kier molecular flexibility index (Phi) is 4.39. The molecule has 1 aliphatic heterocycles. The largest absolute Gasteiger partial charge is 0.326 e. The Bertz CT molecular complexity index is 160. The van der Waals surface area contributed by atoms with Crippen molar-refractivity contribution in [3.63, 3.8) is 0 Å². The lowest BCUT2D eigenvalue weighted by Crippen LogP contribution is -2.37. The highest BCUT2D eigenvalue weighted by atomic mass is 15.1. The summed E-state index contributed by atoms with van der Waals surface area (Å²) in [5, 5.41) is 0. The lowest BCUT2D eigenvalue weighted by molar-refractivity contribution is 0.220. The van der Waals surface area contributed by atoms with Crippen LogP contribution in [0.4, 0.5) is 0 Å². The van der Waals surface area contributed by atoms with Crippen molar-refractivity contribution < 1.29 is 0 Å². The Morgan fingerprint density at radius 1 is 1.29 bits per heavy atom. The third-order valence-electron chi connectivity index (χ3n) is 3.29. The summed E-state index contributed by atoms with van der Waals surface area (Å²) in [7, 11) is 2.26. The molecule has 1 aliphatic rings. The van der Waals surface area contributed by atoms with Crippen LogP contribution in [0.1, 0.15) is 52.4 Å². The second kappa shape index (κ2) is 5.13. The predicted molar refractivity (Wildman–Crippen MR) is 62.4 cm³/mol. The molecule has 0 radical (unpaired) electrons. The molecule has 0 spiro atoms. The van der Waals surface area contributed by atoms with Crippen LogP contribution in [-0.4, -0.2) is 30.1 Å². The molecule has 2 heteroatoms. The molecule has 2 nitrogen and oxygen atoms in total. The van der Waals surface area contributed by atoms with Gasteiger partial charge in [0.05, 0.1) is 0 Å². The summed E-state index contributed by atoms with van der Waals surface area (Å²) in [6, 6.07) is 0.778. The van der Waals surface area contributed by atoms with E-state index in [2.05, 4.69) is 25.8 Å². The second-order valence-corrected chi connectivity index (χ2v) is 5.51. The van der Waals surface area contributed by atoms with Gasteiger partial charge in [-0.25, -0.2) is 0 Å². The number of hydrogen-bond donors (Lipinski definition) is 1. The van der Waals surface area contributed by atoms with E-state index in [1.165, 1.54) is 38.6 Å². The zero-order chi connectivity index (χ0) is 10.6. The van der Waals surface area contributed by atoms with Gasteiger partial charge in [0, 0.05) is 11.6 Å². The van der Waals surface area contributed by atoms with E-state index in [1.807, 2.05) is 0 Å². The molecular formula is C12H26N2. The van der Waals surface area contributed by atoms with Gasteiger partial charge in [0.2, 0.25) is 0 Å². The summed E-state index contributed by atoms with van der Waals surface area (Å²) < 4.78 is 0. The molecule has 84 valence electrons. The fourth-order valence-corrected chi connectivity index (χ4v) is 2.22. The Hall–Kier alpha value is -0.0800. The van der Waals surface area contributed by atoms with Crippen molar-refractivity contribution in [3.8, 4) is 0 Å². The molecule has 0 aromatic heterocycles. The van der Waals surface area contributed by atoms with E-state index in [4.69, 9.17) is 5.73 Å². The maximum atomic E-state index is 6.02. The first-order valence-electron chi connectivity index (χ1n) is 5.98. The number of hydrogen-bond acceptors (Lipinski definition) is 2. The zero-order valence-corrected chi connectivity index (χ0v) is 10.1. The van der Waals surface area contributed by atoms with Gasteiger partial charge in [-0.05, 0) is 53.1 Å². The van der Waals surface area contributed by atoms with Gasteiger partial charge >= 0.3 is 0 Å². The van der Waals surface area contributed by atoms with Crippen molar-refractivity contribution in [2.75, 3.05) is 13.6 Å². The van der Waals surface area contributed by atoms with Gasteiger partial charge in [0.15, 0.2) is 0 Å². The summed E-state index contributed by atoms with van der Waals surface area (Å²) >= 11 is 0. The molecule has 1 atom stereocenters. The maximum Gasteiger partial charge on any atom is 0.00976 e. The minimum Gasteiger partial charge on any atom is -0.326 e. The van der Waals surface area contributed by atoms with Crippen molar-refractivity contribution in [2.24, 2.45) is 5.73 Å². The first kappa shape index (κ1) is 12.0. The van der Waals surface area contributed by atoms with Crippen LogP contribution in [-0.2, 0) is 0 Å². The van der Waals surface area contributed by atoms with Gasteiger partial charge in [0.1, 0.15) is 0 Å². The second-order valence-electron chi connectivity index (χ2n) is 5.51. The molecule has 0 aromatic carbocycles. The normalized spacial score (nSPS) is 26.1. The number of rotatable bonds is 3. The van der Waals surface area contributed by atoms with E-state index in [1.54, 1.807) is 0 Å². The minimum absolute atomic E-state index is 0.00709. The van der Waals surface area contributed by atoms with E-state index in [0.717, 1.165) is 12.5 Å². The Labute approximate surface area is 88.8 Å². The lowest BCUT2D eigenvalue weighted by atomic mass is 9.94. The quantitative estimate of drug-likeness (QED) is 0.754. The third kappa shape index (κ3) is 4.43. The Morgan fingerprint density at radius 2 is 2.00 bits per heavy atom. The summed E-state index contributed by atoms with van der Waals surface area (Å²) in [6.07, 6.45) is 7.96. The summed E-state index contributed by atoms with van der Waals surface area (Å²) in [6.45, 7) is 5.53. The maximum absolute atomic E-state index is 6.02. The number of likely N-dealkylation sites (tertiary alicyclic amines) is 1. The minimum atomic E-state index is 0.00709. The lowest BCUT2D eigenvalue weighted by Gasteiger charge is -2.28. The highest BCUT2D eigenvalue weighted by Crippen LogP contribution is 2.21. The zero-order valence-electron chi connectivity index (χ0n) is 10.1. The third-order valence-corrected chi connectivity index (χ3v) is 3.29. The fraction of sp³-hybridized carbons (Fsp3) is 1.00. The van der Waals surface area contributed by atoms with Crippen LogP contribution in [0.5, 0.6) is 0 Å². The van der Waals surface area contributed by atoms with Crippen molar-refractivity contribution >= 4 is 0 Å². The SMILES string of the molecule is CN1CCCCCC1CCC(C)(C)N. The van der Waals surface area contributed by atoms with Gasteiger partial charge in [-0.1, -0.05) is 12.8 Å². The molecule has 1 fully saturated rings. The molecule has 0 amide bonds. The fourth-order valence-electron chi connectivity index (χ4n) is 2.22. The molecule has 1 heterocycles. The Morgan fingerprint density at radius 3 is 2.64 bits per heavy atom. The van der Waals surface area contributed by atoms with Crippen LogP contribution < -0.4 is 5.73 Å². The molecule has 0 saturated carbocycles. The molecule has 14 heavy (non-hydrogen) atoms. The molecule has 0 bridgehead atoms. The van der Waals surface area contributed by atoms with Crippen molar-refractivity contribution in [3.05, 3.63) is 0 Å². The average Bonchev–Trinajstić information content (AvgIpc) is 2.25. The smallest absolute Gasteiger partial charge is 0.00976 e. The standard InChI is InChI=1S/C12H26N2/c1-12(2,13)9-8-11-7-5-4-6-10-14(11)3/h11H,4-10,13H2,1-3H3. The molecule has 0 aromatic rings. The summed E-state index contributed by atoms with van der Waals surface area (Å²) in [5.41, 5.74) is 6.03. The molecule has 1 rings (SSSR count). The van der Waals surface area contributed by atoms with Crippen molar-refractivity contribution in [1.29, 1.82) is 0 Å². The molecular weight excluding hydrogens is 172 g/mol. The van der Waals surface area contributed by atoms with E-state index >= 15 is 0 Å². The van der Waals surface area contributed by atoms with Crippen LogP contribution in [0.15, 0.2) is 0 Å². The van der Waals surface area contributed by atoms with E-state index in [0.29, 0.717) is 0 Å². The van der Waals surface area contributed by atoms with Crippen molar-refractivity contribution in [2.45, 2.75) is 64.0 Å². The highest BCUT2D eigenvalue weighted by Gasteiger charge is 2.20. The summed E-state index contributed by atoms with van der Waals surface area (Å²) in [5.74, 6) is 0. The predicted octanol–water partition coefficient (Wildman–Crippen LogP) is 2.38. The molecule has 2 N–H and O–H groups in total. The first-order valence-corrected chi connectivity index (χ1v) is 5.98. The molecule has 1 saturated heterocycles. The van der Waals surface area contributed by atoms with Crippen LogP contribution in [0.25, 0.3) is 0 Å². The molecule has 1 unspecified atom stereocenters. The summed E-state index contributed by atoms with van der Waals surface area (Å²) in [4.78, 5) is 2.53. The number of nitrogens with zero attached hydrogens (tertiary/aromatic N) is 1. The van der Waals surface area contributed by atoms with E-state index < -0.39 is 0 Å². The first-order chi connectivity index (χ1) is 6.49. The van der Waals surface area contributed by atoms with Gasteiger partial charge < -0.3 is 10.6 Å². The monoisotopic (exact) mass is 198 g/mol. The number of nitrogens with two attached hydrogens (primary N) is 1. The van der Waals surface area contributed by atoms with Gasteiger partial charge in [-0.2, -0.15) is 0 Å². The topological polar surface area (TPSA) is 29.3 Å². The highest BCUT2D eigenvalue weighted by molar-refractivity contribution is 4.78. The van der Waals surface area contributed by atoms with Crippen LogP contribution in [0, 0.1) is 0 Å². The van der Waals surface area contributed by atoms with Gasteiger partial charge in [-0.15, -0.1) is 0 Å². The Balaban J connectivity index is 2.33. The van der Waals surface area contributed by atoms with Crippen LogP contribution in [0.2, 0.25) is 0 Å². The average molecular weight is 198 g/mol. The van der Waals surface area contributed by atoms with Crippen molar-refractivity contribution in [1.82, 2.24) is 4.90 Å². The van der Waals surface area contributed by atoms with Crippen LogP contribution >= 0.6 is 0 Å². The van der Waals surface area contributed by atoms with E-state index in [9.17, 15) is 0 Å². The van der Waals surface area contributed by atoms with Gasteiger partial charge in [-0.3, -0.25) is 0 Å². The van der Waals surface area contributed by atoms with Crippen LogP contribution in [0.3, 0.4) is 0 Å². The van der Waals surface area contributed by atoms with Gasteiger partial charge in [0.25, 0.3) is 0 Å².